The van der Waals surface area contributed by atoms with Gasteiger partial charge in [0.05, 0.1) is 19.8 Å². The van der Waals surface area contributed by atoms with Gasteiger partial charge in [-0.15, -0.1) is 10.2 Å². The third-order valence-electron chi connectivity index (χ3n) is 5.26. The second kappa shape index (κ2) is 10.2. The fraction of sp³-hybridized carbons (Fsp3) is 0.500. The Bertz CT molecular complexity index is 900. The Balaban J connectivity index is 1.42. The average molecular weight is 449 g/mol. The molecule has 0 bridgehead atoms. The lowest BCUT2D eigenvalue weighted by atomic mass is 10.2. The number of hydrogen-bond donors (Lipinski definition) is 1. The highest BCUT2D eigenvalue weighted by atomic mass is 32.2. The summed E-state index contributed by atoms with van der Waals surface area (Å²) in [5, 5.41) is 12.0. The molecule has 3 heterocycles. The molecule has 3 amide bonds. The first-order valence-electron chi connectivity index (χ1n) is 10.3. The number of amides is 3. The molecule has 166 valence electrons. The molecule has 0 aliphatic carbocycles. The van der Waals surface area contributed by atoms with E-state index >= 15 is 0 Å². The molecule has 2 aromatic rings. The Morgan fingerprint density at radius 1 is 1.06 bits per heavy atom. The molecule has 2 aliphatic rings. The van der Waals surface area contributed by atoms with E-state index in [9.17, 15) is 14.0 Å². The molecule has 2 fully saturated rings. The SMILES string of the molecule is O=C1CNC(=O)N1CCCSc1nnc(-c2ccc(F)cc2)n1CCN1CCOCC1. The molecule has 31 heavy (non-hydrogen) atoms. The molecule has 2 saturated heterocycles. The fourth-order valence-electron chi connectivity index (χ4n) is 3.54. The molecule has 1 aromatic carbocycles. The van der Waals surface area contributed by atoms with Crippen LogP contribution in [0.5, 0.6) is 0 Å². The Kier molecular flexibility index (Phi) is 7.15. The molecule has 0 saturated carbocycles. The van der Waals surface area contributed by atoms with Gasteiger partial charge in [0.15, 0.2) is 11.0 Å². The maximum atomic E-state index is 13.4. The Labute approximate surface area is 183 Å². The molecular weight excluding hydrogens is 423 g/mol. The van der Waals surface area contributed by atoms with Crippen molar-refractivity contribution in [2.45, 2.75) is 18.1 Å². The van der Waals surface area contributed by atoms with E-state index in [1.165, 1.54) is 17.0 Å². The number of imide groups is 1. The summed E-state index contributed by atoms with van der Waals surface area (Å²) in [6.07, 6.45) is 0.659. The number of aromatic nitrogens is 3. The summed E-state index contributed by atoms with van der Waals surface area (Å²) in [6.45, 7) is 5.24. The van der Waals surface area contributed by atoms with Gasteiger partial charge in [0.2, 0.25) is 5.91 Å². The topological polar surface area (TPSA) is 92.6 Å². The summed E-state index contributed by atoms with van der Waals surface area (Å²) in [5.74, 6) is 0.904. The van der Waals surface area contributed by atoms with Crippen LogP contribution in [0, 0.1) is 5.82 Å². The second-order valence-corrected chi connectivity index (χ2v) is 8.39. The van der Waals surface area contributed by atoms with Crippen LogP contribution in [0.15, 0.2) is 29.4 Å². The zero-order chi connectivity index (χ0) is 21.6. The highest BCUT2D eigenvalue weighted by Gasteiger charge is 2.27. The Hall–Kier alpha value is -2.50. The summed E-state index contributed by atoms with van der Waals surface area (Å²) in [5.41, 5.74) is 0.807. The minimum Gasteiger partial charge on any atom is -0.379 e. The number of urea groups is 1. The monoisotopic (exact) mass is 448 g/mol. The van der Waals surface area contributed by atoms with Crippen molar-refractivity contribution >= 4 is 23.7 Å². The number of nitrogens with zero attached hydrogens (tertiary/aromatic N) is 5. The van der Waals surface area contributed by atoms with E-state index in [1.54, 1.807) is 23.9 Å². The lowest BCUT2D eigenvalue weighted by Crippen LogP contribution is -2.38. The largest absolute Gasteiger partial charge is 0.379 e. The molecule has 0 spiro atoms. The van der Waals surface area contributed by atoms with E-state index in [0.29, 0.717) is 31.1 Å². The van der Waals surface area contributed by atoms with Crippen LogP contribution in [-0.2, 0) is 16.1 Å². The maximum absolute atomic E-state index is 13.4. The van der Waals surface area contributed by atoms with Crippen molar-refractivity contribution in [3.05, 3.63) is 30.1 Å². The minimum absolute atomic E-state index is 0.0723. The van der Waals surface area contributed by atoms with Crippen LogP contribution in [0.3, 0.4) is 0 Å². The van der Waals surface area contributed by atoms with Gasteiger partial charge in [-0.05, 0) is 30.7 Å². The summed E-state index contributed by atoms with van der Waals surface area (Å²) in [4.78, 5) is 26.9. The number of carbonyl (C=O) groups excluding carboxylic acids is 2. The van der Waals surface area contributed by atoms with Crippen molar-refractivity contribution in [1.82, 2.24) is 29.9 Å². The van der Waals surface area contributed by atoms with Gasteiger partial charge < -0.3 is 14.6 Å². The summed E-state index contributed by atoms with van der Waals surface area (Å²) < 4.78 is 20.8. The number of thioether (sulfide) groups is 1. The predicted octanol–water partition coefficient (Wildman–Crippen LogP) is 1.45. The van der Waals surface area contributed by atoms with E-state index in [-0.39, 0.29) is 24.3 Å². The molecule has 1 aromatic heterocycles. The van der Waals surface area contributed by atoms with Crippen LogP contribution >= 0.6 is 11.8 Å². The fourth-order valence-corrected chi connectivity index (χ4v) is 4.43. The molecule has 0 radical (unpaired) electrons. The summed E-state index contributed by atoms with van der Waals surface area (Å²) in [7, 11) is 0. The van der Waals surface area contributed by atoms with Gasteiger partial charge in [0.25, 0.3) is 0 Å². The first kappa shape index (κ1) is 21.7. The van der Waals surface area contributed by atoms with E-state index < -0.39 is 0 Å². The van der Waals surface area contributed by atoms with Crippen LogP contribution in [0.4, 0.5) is 9.18 Å². The van der Waals surface area contributed by atoms with Crippen molar-refractivity contribution in [2.75, 3.05) is 51.7 Å². The molecule has 9 nitrogen and oxygen atoms in total. The van der Waals surface area contributed by atoms with Gasteiger partial charge in [-0.3, -0.25) is 14.6 Å². The second-order valence-electron chi connectivity index (χ2n) is 7.32. The van der Waals surface area contributed by atoms with Gasteiger partial charge >= 0.3 is 6.03 Å². The standard InChI is InChI=1S/C20H25FN6O3S/c21-16-4-2-15(3-5-16)18-23-24-20(27(18)8-7-25-9-11-30-12-10-25)31-13-1-6-26-17(28)14-22-19(26)29/h2-5H,1,6-14H2,(H,22,29). The van der Waals surface area contributed by atoms with Crippen molar-refractivity contribution in [3.63, 3.8) is 0 Å². The van der Waals surface area contributed by atoms with Crippen LogP contribution in [0.25, 0.3) is 11.4 Å². The van der Waals surface area contributed by atoms with Crippen molar-refractivity contribution < 1.29 is 18.7 Å². The molecule has 2 aliphatic heterocycles. The van der Waals surface area contributed by atoms with Crippen molar-refractivity contribution in [1.29, 1.82) is 0 Å². The first-order chi connectivity index (χ1) is 15.1. The number of benzene rings is 1. The van der Waals surface area contributed by atoms with E-state index in [4.69, 9.17) is 4.74 Å². The third-order valence-corrected chi connectivity index (χ3v) is 6.31. The van der Waals surface area contributed by atoms with Crippen LogP contribution in [-0.4, -0.2) is 88.2 Å². The maximum Gasteiger partial charge on any atom is 0.324 e. The van der Waals surface area contributed by atoms with E-state index in [1.807, 2.05) is 0 Å². The highest BCUT2D eigenvalue weighted by molar-refractivity contribution is 7.99. The molecule has 0 atom stereocenters. The normalized spacial score (nSPS) is 17.4. The van der Waals surface area contributed by atoms with Crippen LogP contribution in [0.1, 0.15) is 6.42 Å². The van der Waals surface area contributed by atoms with Gasteiger partial charge in [-0.25, -0.2) is 9.18 Å². The quantitative estimate of drug-likeness (QED) is 0.353. The number of morpholine rings is 1. The third kappa shape index (κ3) is 5.41. The molecular formula is C20H25FN6O3S. The highest BCUT2D eigenvalue weighted by Crippen LogP contribution is 2.25. The molecule has 4 rings (SSSR count). The lowest BCUT2D eigenvalue weighted by Gasteiger charge is -2.27. The zero-order valence-electron chi connectivity index (χ0n) is 17.1. The van der Waals surface area contributed by atoms with Crippen molar-refractivity contribution in [2.24, 2.45) is 0 Å². The smallest absolute Gasteiger partial charge is 0.324 e. The Morgan fingerprint density at radius 3 is 2.55 bits per heavy atom. The number of ether oxygens (including phenoxy) is 1. The number of halogens is 1. The number of nitrogens with one attached hydrogen (secondary N) is 1. The van der Waals surface area contributed by atoms with Gasteiger partial charge in [-0.2, -0.15) is 0 Å². The molecule has 11 heteroatoms. The predicted molar refractivity (Wildman–Crippen MR) is 113 cm³/mol. The van der Waals surface area contributed by atoms with Gasteiger partial charge in [0.1, 0.15) is 5.82 Å². The minimum atomic E-state index is -0.331. The molecule has 0 unspecified atom stereocenters. The van der Waals surface area contributed by atoms with E-state index in [0.717, 1.165) is 43.6 Å². The summed E-state index contributed by atoms with van der Waals surface area (Å²) >= 11 is 1.54. The van der Waals surface area contributed by atoms with Gasteiger partial charge in [0, 0.05) is 44.0 Å². The van der Waals surface area contributed by atoms with Crippen LogP contribution in [0.2, 0.25) is 0 Å². The first-order valence-corrected chi connectivity index (χ1v) is 11.3. The van der Waals surface area contributed by atoms with Gasteiger partial charge in [-0.1, -0.05) is 11.8 Å². The van der Waals surface area contributed by atoms with Crippen LogP contribution < -0.4 is 5.32 Å². The number of carbonyl (C=O) groups is 2. The lowest BCUT2D eigenvalue weighted by molar-refractivity contribution is -0.124. The number of rotatable bonds is 9. The molecule has 1 N–H and O–H groups in total. The Morgan fingerprint density at radius 2 is 1.84 bits per heavy atom. The van der Waals surface area contributed by atoms with E-state index in [2.05, 4.69) is 25.0 Å². The number of hydrogen-bond acceptors (Lipinski definition) is 7. The summed E-state index contributed by atoms with van der Waals surface area (Å²) in [6, 6.07) is 5.91. The zero-order valence-corrected chi connectivity index (χ0v) is 17.9. The average Bonchev–Trinajstić information content (AvgIpc) is 3.34. The van der Waals surface area contributed by atoms with Crippen molar-refractivity contribution in [3.8, 4) is 11.4 Å².